The number of sulfonamides is 1. The average Bonchev–Trinajstić information content (AvgIpc) is 2.68. The lowest BCUT2D eigenvalue weighted by molar-refractivity contribution is 0.420. The SMILES string of the molecule is Nc1cc(Cl)ccc1S(=O)(=O)Nc1cnoc1. The molecule has 17 heavy (non-hydrogen) atoms. The van der Waals surface area contributed by atoms with E-state index in [1.807, 2.05) is 0 Å². The Balaban J connectivity index is 2.38. The number of nitrogens with zero attached hydrogens (tertiary/aromatic N) is 1. The molecule has 0 aliphatic carbocycles. The van der Waals surface area contributed by atoms with Crippen LogP contribution in [0.3, 0.4) is 0 Å². The van der Waals surface area contributed by atoms with Gasteiger partial charge in [-0.1, -0.05) is 16.8 Å². The van der Waals surface area contributed by atoms with E-state index in [-0.39, 0.29) is 16.3 Å². The molecule has 0 atom stereocenters. The molecule has 0 aliphatic rings. The first-order valence-electron chi connectivity index (χ1n) is 4.46. The lowest BCUT2D eigenvalue weighted by atomic mass is 10.3. The van der Waals surface area contributed by atoms with E-state index in [0.717, 1.165) is 0 Å². The maximum absolute atomic E-state index is 11.9. The predicted octanol–water partition coefficient (Wildman–Crippen LogP) is 1.71. The smallest absolute Gasteiger partial charge is 0.264 e. The molecule has 8 heteroatoms. The quantitative estimate of drug-likeness (QED) is 0.830. The van der Waals surface area contributed by atoms with Gasteiger partial charge >= 0.3 is 0 Å². The third-order valence-electron chi connectivity index (χ3n) is 1.95. The summed E-state index contributed by atoms with van der Waals surface area (Å²) >= 11 is 5.69. The number of aromatic nitrogens is 1. The van der Waals surface area contributed by atoms with E-state index >= 15 is 0 Å². The fourth-order valence-electron chi connectivity index (χ4n) is 1.23. The van der Waals surface area contributed by atoms with Gasteiger partial charge in [-0.3, -0.25) is 4.72 Å². The largest absolute Gasteiger partial charge is 0.398 e. The summed E-state index contributed by atoms with van der Waals surface area (Å²) in [4.78, 5) is -0.0527. The van der Waals surface area contributed by atoms with Crippen molar-refractivity contribution in [2.24, 2.45) is 0 Å². The zero-order valence-corrected chi connectivity index (χ0v) is 9.99. The van der Waals surface area contributed by atoms with E-state index in [0.29, 0.717) is 5.02 Å². The van der Waals surface area contributed by atoms with Crippen LogP contribution in [0, 0.1) is 0 Å². The maximum atomic E-state index is 11.9. The molecule has 6 nitrogen and oxygen atoms in total. The van der Waals surface area contributed by atoms with Crippen molar-refractivity contribution in [1.82, 2.24) is 5.16 Å². The normalized spacial score (nSPS) is 11.4. The van der Waals surface area contributed by atoms with Gasteiger partial charge in [-0.15, -0.1) is 0 Å². The molecule has 2 rings (SSSR count). The molecule has 0 saturated heterocycles. The van der Waals surface area contributed by atoms with Crippen molar-refractivity contribution >= 4 is 33.0 Å². The van der Waals surface area contributed by atoms with Crippen LogP contribution in [0.4, 0.5) is 11.4 Å². The summed E-state index contributed by atoms with van der Waals surface area (Å²) in [6.07, 6.45) is 2.41. The Morgan fingerprint density at radius 3 is 2.76 bits per heavy atom. The Morgan fingerprint density at radius 1 is 1.41 bits per heavy atom. The van der Waals surface area contributed by atoms with E-state index in [4.69, 9.17) is 17.3 Å². The van der Waals surface area contributed by atoms with Gasteiger partial charge in [-0.2, -0.15) is 0 Å². The summed E-state index contributed by atoms with van der Waals surface area (Å²) in [6, 6.07) is 4.14. The first kappa shape index (κ1) is 11.7. The number of nitrogens with two attached hydrogens (primary N) is 1. The highest BCUT2D eigenvalue weighted by Gasteiger charge is 2.18. The van der Waals surface area contributed by atoms with Crippen LogP contribution in [0.2, 0.25) is 5.02 Å². The topological polar surface area (TPSA) is 98.2 Å². The van der Waals surface area contributed by atoms with Gasteiger partial charge in [0, 0.05) is 5.02 Å². The molecule has 0 saturated carbocycles. The van der Waals surface area contributed by atoms with Gasteiger partial charge in [0.25, 0.3) is 10.0 Å². The van der Waals surface area contributed by atoms with Crippen LogP contribution in [0.25, 0.3) is 0 Å². The highest BCUT2D eigenvalue weighted by Crippen LogP contribution is 2.24. The molecular formula is C9H8ClN3O3S. The van der Waals surface area contributed by atoms with Crippen LogP contribution >= 0.6 is 11.6 Å². The molecule has 0 unspecified atom stereocenters. The van der Waals surface area contributed by atoms with Crippen molar-refractivity contribution in [3.8, 4) is 0 Å². The zero-order chi connectivity index (χ0) is 12.5. The fraction of sp³-hybridized carbons (Fsp3) is 0. The molecule has 0 amide bonds. The van der Waals surface area contributed by atoms with Crippen LogP contribution in [0.15, 0.2) is 40.1 Å². The van der Waals surface area contributed by atoms with E-state index < -0.39 is 10.0 Å². The minimum absolute atomic E-state index is 0.0527. The number of benzene rings is 1. The zero-order valence-electron chi connectivity index (χ0n) is 8.42. The molecule has 0 spiro atoms. The van der Waals surface area contributed by atoms with Crippen LogP contribution in [0.1, 0.15) is 0 Å². The average molecular weight is 274 g/mol. The summed E-state index contributed by atoms with van der Waals surface area (Å²) in [5, 5.41) is 3.75. The van der Waals surface area contributed by atoms with Crippen molar-refractivity contribution in [3.05, 3.63) is 35.7 Å². The van der Waals surface area contributed by atoms with E-state index in [9.17, 15) is 8.42 Å². The second kappa shape index (κ2) is 4.27. The molecule has 90 valence electrons. The predicted molar refractivity (Wildman–Crippen MR) is 63.2 cm³/mol. The van der Waals surface area contributed by atoms with Gasteiger partial charge in [-0.25, -0.2) is 8.42 Å². The molecule has 1 heterocycles. The third-order valence-corrected chi connectivity index (χ3v) is 3.64. The molecule has 0 aliphatic heterocycles. The molecule has 2 aromatic rings. The monoisotopic (exact) mass is 273 g/mol. The first-order valence-corrected chi connectivity index (χ1v) is 6.32. The Bertz CT molecular complexity index is 625. The van der Waals surface area contributed by atoms with E-state index in [1.54, 1.807) is 0 Å². The van der Waals surface area contributed by atoms with Gasteiger partial charge in [0.1, 0.15) is 16.8 Å². The van der Waals surface area contributed by atoms with Gasteiger partial charge in [-0.05, 0) is 18.2 Å². The highest BCUT2D eigenvalue weighted by molar-refractivity contribution is 7.92. The molecule has 0 bridgehead atoms. The minimum Gasteiger partial charge on any atom is -0.398 e. The third kappa shape index (κ3) is 2.51. The van der Waals surface area contributed by atoms with Crippen LogP contribution in [0.5, 0.6) is 0 Å². The number of hydrogen-bond acceptors (Lipinski definition) is 5. The lowest BCUT2D eigenvalue weighted by Gasteiger charge is -2.08. The van der Waals surface area contributed by atoms with Crippen LogP contribution in [-0.4, -0.2) is 13.6 Å². The Hall–Kier alpha value is -1.73. The molecule has 0 radical (unpaired) electrons. The van der Waals surface area contributed by atoms with Gasteiger partial charge in [0.2, 0.25) is 0 Å². The van der Waals surface area contributed by atoms with Crippen molar-refractivity contribution in [3.63, 3.8) is 0 Å². The summed E-state index contributed by atoms with van der Waals surface area (Å²) in [5.41, 5.74) is 5.89. The maximum Gasteiger partial charge on any atom is 0.264 e. The number of nitrogens with one attached hydrogen (secondary N) is 1. The van der Waals surface area contributed by atoms with E-state index in [2.05, 4.69) is 14.4 Å². The van der Waals surface area contributed by atoms with Crippen molar-refractivity contribution in [1.29, 1.82) is 0 Å². The second-order valence-corrected chi connectivity index (χ2v) is 5.29. The molecular weight excluding hydrogens is 266 g/mol. The standard InChI is InChI=1S/C9H8ClN3O3S/c10-6-1-2-9(8(11)3-6)17(14,15)13-7-4-12-16-5-7/h1-5,13H,11H2. The van der Waals surface area contributed by atoms with E-state index in [1.165, 1.54) is 30.7 Å². The summed E-state index contributed by atoms with van der Waals surface area (Å²) < 4.78 is 30.6. The van der Waals surface area contributed by atoms with Gasteiger partial charge in [0.15, 0.2) is 0 Å². The fourth-order valence-corrected chi connectivity index (χ4v) is 2.55. The van der Waals surface area contributed by atoms with Crippen molar-refractivity contribution in [2.75, 3.05) is 10.5 Å². The minimum atomic E-state index is -3.76. The molecule has 1 aromatic heterocycles. The van der Waals surface area contributed by atoms with Gasteiger partial charge in [0.05, 0.1) is 11.9 Å². The Morgan fingerprint density at radius 2 is 2.18 bits per heavy atom. The first-order chi connectivity index (χ1) is 7.99. The molecule has 0 fully saturated rings. The number of rotatable bonds is 3. The van der Waals surface area contributed by atoms with Gasteiger partial charge < -0.3 is 10.3 Å². The Labute approximate surface area is 102 Å². The number of halogens is 1. The highest BCUT2D eigenvalue weighted by atomic mass is 35.5. The van der Waals surface area contributed by atoms with Crippen molar-refractivity contribution < 1.29 is 12.9 Å². The Kier molecular flexibility index (Phi) is 2.95. The summed E-state index contributed by atoms with van der Waals surface area (Å²) in [6.45, 7) is 0. The number of nitrogen functional groups attached to an aromatic ring is 1. The molecule has 1 aromatic carbocycles. The molecule has 3 N–H and O–H groups in total. The number of anilines is 2. The van der Waals surface area contributed by atoms with Crippen LogP contribution in [-0.2, 0) is 10.0 Å². The lowest BCUT2D eigenvalue weighted by Crippen LogP contribution is -2.14. The summed E-state index contributed by atoms with van der Waals surface area (Å²) in [5.74, 6) is 0. The van der Waals surface area contributed by atoms with Crippen molar-refractivity contribution in [2.45, 2.75) is 4.90 Å². The van der Waals surface area contributed by atoms with Crippen LogP contribution < -0.4 is 10.5 Å². The summed E-state index contributed by atoms with van der Waals surface area (Å²) in [7, 11) is -3.76. The second-order valence-electron chi connectivity index (χ2n) is 3.20. The number of hydrogen-bond donors (Lipinski definition) is 2.